The van der Waals surface area contributed by atoms with Crippen LogP contribution in [0, 0.1) is 0 Å². The zero-order valence-corrected chi connectivity index (χ0v) is 17.7. The van der Waals surface area contributed by atoms with Crippen molar-refractivity contribution < 1.29 is 9.15 Å². The first-order chi connectivity index (χ1) is 14.0. The fraction of sp³-hybridized carbons (Fsp3) is 0.476. The molecule has 2 aromatic heterocycles. The standard InChI is InChI=1S/C21H28N6O2/c1-14(2)21-24-22-19(29-21)10-8-6-7-9-16-13-17(11-12-18(16)28-5)20-23-26-27(25-20)15(3)4/h7,9,11-15H,6,8,10H2,1-5H3. The molecule has 8 heteroatoms. The molecule has 0 radical (unpaired) electrons. The first-order valence-electron chi connectivity index (χ1n) is 9.94. The highest BCUT2D eigenvalue weighted by molar-refractivity contribution is 5.66. The van der Waals surface area contributed by atoms with Gasteiger partial charge in [-0.1, -0.05) is 26.0 Å². The van der Waals surface area contributed by atoms with E-state index in [9.17, 15) is 0 Å². The van der Waals surface area contributed by atoms with E-state index in [0.717, 1.165) is 36.1 Å². The average molecular weight is 396 g/mol. The lowest BCUT2D eigenvalue weighted by atomic mass is 10.1. The van der Waals surface area contributed by atoms with Crippen LogP contribution in [0.1, 0.15) is 69.8 Å². The molecule has 154 valence electrons. The number of aromatic nitrogens is 6. The number of benzene rings is 1. The molecule has 0 spiro atoms. The van der Waals surface area contributed by atoms with E-state index in [1.54, 1.807) is 11.9 Å². The third-order valence-corrected chi connectivity index (χ3v) is 4.41. The lowest BCUT2D eigenvalue weighted by Crippen LogP contribution is -2.04. The predicted octanol–water partition coefficient (Wildman–Crippen LogP) is 4.47. The Morgan fingerprint density at radius 3 is 2.62 bits per heavy atom. The van der Waals surface area contributed by atoms with Gasteiger partial charge in [0.1, 0.15) is 5.75 Å². The zero-order chi connectivity index (χ0) is 20.8. The molecule has 0 N–H and O–H groups in total. The molecule has 0 aliphatic heterocycles. The van der Waals surface area contributed by atoms with Gasteiger partial charge in [0, 0.05) is 23.5 Å². The van der Waals surface area contributed by atoms with Crippen molar-refractivity contribution in [1.29, 1.82) is 0 Å². The Bertz CT molecular complexity index is 958. The van der Waals surface area contributed by atoms with Crippen LogP contribution in [-0.4, -0.2) is 37.5 Å². The molecule has 0 saturated heterocycles. The van der Waals surface area contributed by atoms with E-state index in [2.05, 4.69) is 37.8 Å². The van der Waals surface area contributed by atoms with Gasteiger partial charge in [-0.05, 0) is 50.1 Å². The Hall–Kier alpha value is -3.03. The maximum Gasteiger partial charge on any atom is 0.219 e. The van der Waals surface area contributed by atoms with E-state index >= 15 is 0 Å². The maximum atomic E-state index is 5.64. The van der Waals surface area contributed by atoms with Crippen LogP contribution in [0.2, 0.25) is 0 Å². The highest BCUT2D eigenvalue weighted by Crippen LogP contribution is 2.26. The number of unbranched alkanes of at least 4 members (excludes halogenated alkanes) is 1. The molecule has 0 fully saturated rings. The van der Waals surface area contributed by atoms with Crippen LogP contribution in [-0.2, 0) is 6.42 Å². The van der Waals surface area contributed by atoms with Gasteiger partial charge in [-0.25, -0.2) is 0 Å². The van der Waals surface area contributed by atoms with Crippen LogP contribution in [0.3, 0.4) is 0 Å². The van der Waals surface area contributed by atoms with Crippen LogP contribution >= 0.6 is 0 Å². The number of hydrogen-bond donors (Lipinski definition) is 0. The van der Waals surface area contributed by atoms with E-state index in [1.807, 2.05) is 45.9 Å². The van der Waals surface area contributed by atoms with Crippen molar-refractivity contribution in [3.05, 3.63) is 41.6 Å². The zero-order valence-electron chi connectivity index (χ0n) is 17.7. The van der Waals surface area contributed by atoms with Crippen LogP contribution < -0.4 is 4.74 Å². The highest BCUT2D eigenvalue weighted by atomic mass is 16.5. The number of nitrogens with zero attached hydrogens (tertiary/aromatic N) is 6. The van der Waals surface area contributed by atoms with Crippen molar-refractivity contribution in [1.82, 2.24) is 30.4 Å². The molecule has 2 heterocycles. The van der Waals surface area contributed by atoms with E-state index in [1.165, 1.54) is 0 Å². The average Bonchev–Trinajstić information content (AvgIpc) is 3.37. The molecular formula is C21H28N6O2. The quantitative estimate of drug-likeness (QED) is 0.493. The van der Waals surface area contributed by atoms with Crippen molar-refractivity contribution >= 4 is 6.08 Å². The first-order valence-corrected chi connectivity index (χ1v) is 9.94. The summed E-state index contributed by atoms with van der Waals surface area (Å²) in [7, 11) is 1.67. The second-order valence-electron chi connectivity index (χ2n) is 7.47. The van der Waals surface area contributed by atoms with E-state index in [4.69, 9.17) is 9.15 Å². The highest BCUT2D eigenvalue weighted by Gasteiger charge is 2.11. The van der Waals surface area contributed by atoms with Gasteiger partial charge in [0.25, 0.3) is 0 Å². The van der Waals surface area contributed by atoms with E-state index < -0.39 is 0 Å². The minimum atomic E-state index is 0.171. The van der Waals surface area contributed by atoms with Crippen molar-refractivity contribution in [3.63, 3.8) is 0 Å². The Morgan fingerprint density at radius 1 is 1.14 bits per heavy atom. The van der Waals surface area contributed by atoms with Gasteiger partial charge in [0.2, 0.25) is 17.6 Å². The molecule has 0 aliphatic carbocycles. The largest absolute Gasteiger partial charge is 0.496 e. The summed E-state index contributed by atoms with van der Waals surface area (Å²) in [6.45, 7) is 8.12. The molecule has 3 rings (SSSR count). The van der Waals surface area contributed by atoms with Gasteiger partial charge in [0.05, 0.1) is 13.2 Å². The first kappa shape index (κ1) is 20.7. The summed E-state index contributed by atoms with van der Waals surface area (Å²) in [6.07, 6.45) is 6.78. The third-order valence-electron chi connectivity index (χ3n) is 4.41. The van der Waals surface area contributed by atoms with Crippen molar-refractivity contribution in [3.8, 4) is 17.1 Å². The number of methoxy groups -OCH3 is 1. The van der Waals surface area contributed by atoms with E-state index in [-0.39, 0.29) is 12.0 Å². The molecule has 0 bridgehead atoms. The van der Waals surface area contributed by atoms with Gasteiger partial charge >= 0.3 is 0 Å². The van der Waals surface area contributed by atoms with Crippen LogP contribution in [0.4, 0.5) is 0 Å². The summed E-state index contributed by atoms with van der Waals surface area (Å²) >= 11 is 0. The molecule has 0 saturated carbocycles. The molecule has 0 amide bonds. The van der Waals surface area contributed by atoms with Crippen molar-refractivity contribution in [2.75, 3.05) is 7.11 Å². The monoisotopic (exact) mass is 396 g/mol. The summed E-state index contributed by atoms with van der Waals surface area (Å²) in [5.74, 6) is 3.06. The van der Waals surface area contributed by atoms with Crippen molar-refractivity contribution in [2.45, 2.75) is 58.9 Å². The minimum absolute atomic E-state index is 0.171. The van der Waals surface area contributed by atoms with E-state index in [0.29, 0.717) is 17.6 Å². The van der Waals surface area contributed by atoms with Gasteiger partial charge < -0.3 is 9.15 Å². The molecule has 8 nitrogen and oxygen atoms in total. The number of ether oxygens (including phenoxy) is 1. The topological polar surface area (TPSA) is 91.8 Å². The predicted molar refractivity (Wildman–Crippen MR) is 111 cm³/mol. The Morgan fingerprint density at radius 2 is 1.97 bits per heavy atom. The van der Waals surface area contributed by atoms with Crippen molar-refractivity contribution in [2.24, 2.45) is 0 Å². The molecule has 0 unspecified atom stereocenters. The fourth-order valence-electron chi connectivity index (χ4n) is 2.75. The fourth-order valence-corrected chi connectivity index (χ4v) is 2.75. The Balaban J connectivity index is 1.63. The minimum Gasteiger partial charge on any atom is -0.496 e. The molecule has 3 aromatic rings. The maximum absolute atomic E-state index is 5.64. The normalized spacial score (nSPS) is 11.8. The third kappa shape index (κ3) is 5.28. The number of hydrogen-bond acceptors (Lipinski definition) is 7. The molecule has 29 heavy (non-hydrogen) atoms. The van der Waals surface area contributed by atoms with Crippen LogP contribution in [0.5, 0.6) is 5.75 Å². The van der Waals surface area contributed by atoms with Gasteiger partial charge in [-0.15, -0.1) is 20.4 Å². The smallest absolute Gasteiger partial charge is 0.219 e. The molecular weight excluding hydrogens is 368 g/mol. The Kier molecular flexibility index (Phi) is 6.74. The molecule has 0 atom stereocenters. The Labute approximate surface area is 171 Å². The van der Waals surface area contributed by atoms with Gasteiger partial charge in [0.15, 0.2) is 0 Å². The lowest BCUT2D eigenvalue weighted by molar-refractivity contribution is 0.414. The molecule has 0 aliphatic rings. The molecule has 1 aromatic carbocycles. The van der Waals surface area contributed by atoms with Gasteiger partial charge in [-0.2, -0.15) is 4.80 Å². The van der Waals surface area contributed by atoms with Crippen LogP contribution in [0.25, 0.3) is 17.5 Å². The number of rotatable bonds is 9. The van der Waals surface area contributed by atoms with Crippen LogP contribution in [0.15, 0.2) is 28.7 Å². The number of allylic oxidation sites excluding steroid dienone is 1. The second kappa shape index (κ2) is 9.45. The number of aryl methyl sites for hydroxylation is 1. The second-order valence-corrected chi connectivity index (χ2v) is 7.47. The van der Waals surface area contributed by atoms with Gasteiger partial charge in [-0.3, -0.25) is 0 Å². The summed E-state index contributed by atoms with van der Waals surface area (Å²) in [6, 6.07) is 6.06. The summed E-state index contributed by atoms with van der Waals surface area (Å²) in [4.78, 5) is 1.61. The summed E-state index contributed by atoms with van der Waals surface area (Å²) in [5.41, 5.74) is 1.88. The summed E-state index contributed by atoms with van der Waals surface area (Å²) in [5, 5.41) is 20.9. The summed E-state index contributed by atoms with van der Waals surface area (Å²) < 4.78 is 11.1. The number of tetrazole rings is 1. The lowest BCUT2D eigenvalue weighted by Gasteiger charge is -2.06. The SMILES string of the molecule is COc1ccc(-c2nnn(C(C)C)n2)cc1C=CCCCc1nnc(C(C)C)o1.